The van der Waals surface area contributed by atoms with Gasteiger partial charge in [-0.05, 0) is 38.7 Å². The maximum atomic E-state index is 4.77. The molecule has 106 valence electrons. The van der Waals surface area contributed by atoms with Crippen LogP contribution in [0.3, 0.4) is 0 Å². The van der Waals surface area contributed by atoms with E-state index in [0.29, 0.717) is 12.0 Å². The Bertz CT molecular complexity index is 405. The smallest absolute Gasteiger partial charge is 0.128 e. The number of nitrogens with zero attached hydrogens (tertiary/aromatic N) is 3. The Balaban J connectivity index is 2.06. The first kappa shape index (κ1) is 14.3. The molecule has 1 saturated heterocycles. The molecule has 1 aliphatic rings. The Hall–Kier alpha value is -1.13. The number of likely N-dealkylation sites (N-methyl/N-ethyl adjacent to an activating group) is 1. The summed E-state index contributed by atoms with van der Waals surface area (Å²) in [6.45, 7) is 8.45. The molecule has 1 fully saturated rings. The number of hydrogen-bond donors (Lipinski definition) is 1. The molecular formula is C15H26N4. The summed E-state index contributed by atoms with van der Waals surface area (Å²) in [4.78, 5) is 9.50. The summed E-state index contributed by atoms with van der Waals surface area (Å²) in [5.74, 6) is 1.81. The van der Waals surface area contributed by atoms with Crippen molar-refractivity contribution < 1.29 is 0 Å². The molecule has 2 unspecified atom stereocenters. The van der Waals surface area contributed by atoms with Gasteiger partial charge in [0.15, 0.2) is 0 Å². The molecule has 1 aromatic heterocycles. The second kappa shape index (κ2) is 6.35. The molecule has 2 rings (SSSR count). The van der Waals surface area contributed by atoms with Crippen molar-refractivity contribution in [2.24, 2.45) is 5.92 Å². The van der Waals surface area contributed by atoms with Crippen LogP contribution in [-0.2, 0) is 6.54 Å². The van der Waals surface area contributed by atoms with Gasteiger partial charge in [0.1, 0.15) is 5.82 Å². The first-order valence-corrected chi connectivity index (χ1v) is 7.19. The zero-order valence-corrected chi connectivity index (χ0v) is 12.6. The Morgan fingerprint density at radius 1 is 1.37 bits per heavy atom. The molecule has 0 amide bonds. The molecule has 4 heteroatoms. The Morgan fingerprint density at radius 3 is 2.79 bits per heavy atom. The molecule has 0 aromatic carbocycles. The van der Waals surface area contributed by atoms with Gasteiger partial charge in [-0.2, -0.15) is 0 Å². The zero-order valence-electron chi connectivity index (χ0n) is 12.6. The van der Waals surface area contributed by atoms with Crippen LogP contribution >= 0.6 is 0 Å². The number of hydrogen-bond acceptors (Lipinski definition) is 4. The summed E-state index contributed by atoms with van der Waals surface area (Å²) in [5.41, 5.74) is 1.13. The molecule has 1 N–H and O–H groups in total. The molecule has 19 heavy (non-hydrogen) atoms. The summed E-state index contributed by atoms with van der Waals surface area (Å²) in [6.07, 6.45) is 0. The predicted molar refractivity (Wildman–Crippen MR) is 80.5 cm³/mol. The number of rotatable bonds is 5. The number of aromatic nitrogens is 1. The highest BCUT2D eigenvalue weighted by Gasteiger charge is 2.31. The molecular weight excluding hydrogens is 236 g/mol. The lowest BCUT2D eigenvalue weighted by atomic mass is 10.1. The van der Waals surface area contributed by atoms with Gasteiger partial charge in [-0.15, -0.1) is 0 Å². The lowest BCUT2D eigenvalue weighted by Crippen LogP contribution is -2.34. The SMILES string of the molecule is CCNCc1cccc(N2CC(C)C(N(C)C)C2)n1. The van der Waals surface area contributed by atoms with E-state index >= 15 is 0 Å². The molecule has 1 aromatic rings. The normalized spacial score (nSPS) is 23.3. The van der Waals surface area contributed by atoms with Crippen molar-refractivity contribution in [3.05, 3.63) is 23.9 Å². The Labute approximate surface area is 116 Å². The van der Waals surface area contributed by atoms with Gasteiger partial charge in [0.05, 0.1) is 5.69 Å². The van der Waals surface area contributed by atoms with Crippen molar-refractivity contribution in [3.63, 3.8) is 0 Å². The van der Waals surface area contributed by atoms with Crippen LogP contribution in [0.4, 0.5) is 5.82 Å². The zero-order chi connectivity index (χ0) is 13.8. The maximum Gasteiger partial charge on any atom is 0.128 e. The van der Waals surface area contributed by atoms with Crippen molar-refractivity contribution in [3.8, 4) is 0 Å². The summed E-state index contributed by atoms with van der Waals surface area (Å²) in [7, 11) is 4.33. The third kappa shape index (κ3) is 3.45. The summed E-state index contributed by atoms with van der Waals surface area (Å²) >= 11 is 0. The van der Waals surface area contributed by atoms with E-state index in [9.17, 15) is 0 Å². The fourth-order valence-electron chi connectivity index (χ4n) is 2.80. The lowest BCUT2D eigenvalue weighted by molar-refractivity contribution is 0.266. The Morgan fingerprint density at radius 2 is 2.16 bits per heavy atom. The van der Waals surface area contributed by atoms with Gasteiger partial charge in [-0.25, -0.2) is 4.98 Å². The molecule has 1 aliphatic heterocycles. The second-order valence-corrected chi connectivity index (χ2v) is 5.68. The number of nitrogens with one attached hydrogen (secondary N) is 1. The van der Waals surface area contributed by atoms with Gasteiger partial charge in [-0.1, -0.05) is 19.9 Å². The summed E-state index contributed by atoms with van der Waals surface area (Å²) in [6, 6.07) is 6.96. The van der Waals surface area contributed by atoms with E-state index in [0.717, 1.165) is 37.7 Å². The Kier molecular flexibility index (Phi) is 4.77. The molecule has 0 radical (unpaired) electrons. The van der Waals surface area contributed by atoms with Crippen molar-refractivity contribution in [2.45, 2.75) is 26.4 Å². The van der Waals surface area contributed by atoms with Crippen molar-refractivity contribution in [1.29, 1.82) is 0 Å². The topological polar surface area (TPSA) is 31.4 Å². The minimum absolute atomic E-state index is 0.624. The van der Waals surface area contributed by atoms with Crippen molar-refractivity contribution in [1.82, 2.24) is 15.2 Å². The van der Waals surface area contributed by atoms with E-state index in [1.54, 1.807) is 0 Å². The van der Waals surface area contributed by atoms with Crippen LogP contribution in [0.1, 0.15) is 19.5 Å². The fraction of sp³-hybridized carbons (Fsp3) is 0.667. The fourth-order valence-corrected chi connectivity index (χ4v) is 2.80. The minimum Gasteiger partial charge on any atom is -0.355 e. The van der Waals surface area contributed by atoms with Crippen LogP contribution < -0.4 is 10.2 Å². The average molecular weight is 262 g/mol. The van der Waals surface area contributed by atoms with Gasteiger partial charge in [-0.3, -0.25) is 0 Å². The van der Waals surface area contributed by atoms with Crippen LogP contribution in [0.5, 0.6) is 0 Å². The van der Waals surface area contributed by atoms with Gasteiger partial charge in [0, 0.05) is 25.7 Å². The molecule has 0 spiro atoms. The van der Waals surface area contributed by atoms with Crippen molar-refractivity contribution in [2.75, 3.05) is 38.6 Å². The highest BCUT2D eigenvalue weighted by atomic mass is 15.3. The van der Waals surface area contributed by atoms with Gasteiger partial charge >= 0.3 is 0 Å². The third-order valence-electron chi connectivity index (χ3n) is 3.91. The van der Waals surface area contributed by atoms with E-state index in [4.69, 9.17) is 4.98 Å². The second-order valence-electron chi connectivity index (χ2n) is 5.68. The van der Waals surface area contributed by atoms with Crippen LogP contribution in [0, 0.1) is 5.92 Å². The van der Waals surface area contributed by atoms with Crippen LogP contribution in [0.15, 0.2) is 18.2 Å². The van der Waals surface area contributed by atoms with Crippen LogP contribution in [0.2, 0.25) is 0 Å². The van der Waals surface area contributed by atoms with E-state index in [1.165, 1.54) is 0 Å². The maximum absolute atomic E-state index is 4.77. The third-order valence-corrected chi connectivity index (χ3v) is 3.91. The van der Waals surface area contributed by atoms with Gasteiger partial charge in [0.25, 0.3) is 0 Å². The first-order valence-electron chi connectivity index (χ1n) is 7.19. The molecule has 2 atom stereocenters. The standard InChI is InChI=1S/C15H26N4/c1-5-16-9-13-7-6-8-15(17-13)19-10-12(2)14(11-19)18(3)4/h6-8,12,14,16H,5,9-11H2,1-4H3. The first-order chi connectivity index (χ1) is 9.11. The van der Waals surface area contributed by atoms with E-state index in [-0.39, 0.29) is 0 Å². The van der Waals surface area contributed by atoms with Gasteiger partial charge in [0.2, 0.25) is 0 Å². The minimum atomic E-state index is 0.624. The van der Waals surface area contributed by atoms with Crippen LogP contribution in [0.25, 0.3) is 0 Å². The highest BCUT2D eigenvalue weighted by Crippen LogP contribution is 2.24. The van der Waals surface area contributed by atoms with E-state index in [2.05, 4.69) is 61.3 Å². The van der Waals surface area contributed by atoms with E-state index in [1.807, 2.05) is 0 Å². The summed E-state index contributed by atoms with van der Waals surface area (Å²) in [5, 5.41) is 3.33. The molecule has 0 saturated carbocycles. The summed E-state index contributed by atoms with van der Waals surface area (Å²) < 4.78 is 0. The number of pyridine rings is 1. The lowest BCUT2D eigenvalue weighted by Gasteiger charge is -2.22. The largest absolute Gasteiger partial charge is 0.355 e. The monoisotopic (exact) mass is 262 g/mol. The average Bonchev–Trinajstić information content (AvgIpc) is 2.79. The molecule has 0 bridgehead atoms. The molecule has 0 aliphatic carbocycles. The van der Waals surface area contributed by atoms with Crippen LogP contribution in [-0.4, -0.2) is 49.7 Å². The van der Waals surface area contributed by atoms with Gasteiger partial charge < -0.3 is 15.1 Å². The van der Waals surface area contributed by atoms with Crippen molar-refractivity contribution >= 4 is 5.82 Å². The number of anilines is 1. The molecule has 2 heterocycles. The van der Waals surface area contributed by atoms with E-state index < -0.39 is 0 Å². The predicted octanol–water partition coefficient (Wildman–Crippen LogP) is 1.58. The quantitative estimate of drug-likeness (QED) is 0.873. The highest BCUT2D eigenvalue weighted by molar-refractivity contribution is 5.41. The molecule has 4 nitrogen and oxygen atoms in total.